The number of fused-ring (bicyclic) bond motifs is 1. The molecule has 0 saturated heterocycles. The molecule has 2 unspecified atom stereocenters. The minimum atomic E-state index is -0.415. The molecule has 0 aliphatic heterocycles. The van der Waals surface area contributed by atoms with Crippen molar-refractivity contribution in [3.05, 3.63) is 40.1 Å². The maximum absolute atomic E-state index is 12.0. The van der Waals surface area contributed by atoms with E-state index in [1.165, 1.54) is 6.07 Å². The third-order valence-corrected chi connectivity index (χ3v) is 4.58. The summed E-state index contributed by atoms with van der Waals surface area (Å²) in [6.45, 7) is 1.81. The van der Waals surface area contributed by atoms with Crippen molar-refractivity contribution in [1.82, 2.24) is 10.3 Å². The molecule has 7 nitrogen and oxygen atoms in total. The summed E-state index contributed by atoms with van der Waals surface area (Å²) in [6.07, 6.45) is 2.73. The molecule has 1 amide bonds. The number of amides is 1. The SMILES string of the molecule is CNC(=O)C1CCCC1Nc1cc(C)nc2c([N+](=O)[O-])cccc12. The fourth-order valence-electron chi connectivity index (χ4n) is 3.46. The third-order valence-electron chi connectivity index (χ3n) is 4.58. The van der Waals surface area contributed by atoms with Gasteiger partial charge in [0.05, 0.1) is 10.8 Å². The molecule has 24 heavy (non-hydrogen) atoms. The van der Waals surface area contributed by atoms with Crippen LogP contribution in [0, 0.1) is 23.0 Å². The number of rotatable bonds is 4. The Labute approximate surface area is 139 Å². The number of nitrogens with zero attached hydrogens (tertiary/aromatic N) is 2. The molecule has 3 rings (SSSR count). The number of non-ortho nitro benzene ring substituents is 1. The van der Waals surface area contributed by atoms with E-state index in [-0.39, 0.29) is 23.6 Å². The quantitative estimate of drug-likeness (QED) is 0.664. The first-order chi connectivity index (χ1) is 11.5. The van der Waals surface area contributed by atoms with E-state index in [1.807, 2.05) is 19.1 Å². The van der Waals surface area contributed by atoms with Crippen LogP contribution in [0.3, 0.4) is 0 Å². The van der Waals surface area contributed by atoms with Gasteiger partial charge in [-0.05, 0) is 25.8 Å². The lowest BCUT2D eigenvalue weighted by Gasteiger charge is -2.22. The highest BCUT2D eigenvalue weighted by molar-refractivity contribution is 5.97. The average molecular weight is 328 g/mol. The van der Waals surface area contributed by atoms with E-state index in [4.69, 9.17) is 0 Å². The summed E-state index contributed by atoms with van der Waals surface area (Å²) in [5.74, 6) is -0.0525. The summed E-state index contributed by atoms with van der Waals surface area (Å²) in [7, 11) is 1.65. The van der Waals surface area contributed by atoms with Crippen molar-refractivity contribution in [3.8, 4) is 0 Å². The minimum absolute atomic E-state index is 0.00600. The second-order valence-corrected chi connectivity index (χ2v) is 6.14. The summed E-state index contributed by atoms with van der Waals surface area (Å²) in [5, 5.41) is 18.1. The minimum Gasteiger partial charge on any atom is -0.381 e. The number of hydrogen-bond acceptors (Lipinski definition) is 5. The van der Waals surface area contributed by atoms with Gasteiger partial charge in [0, 0.05) is 35.9 Å². The van der Waals surface area contributed by atoms with Crippen LogP contribution in [-0.2, 0) is 4.79 Å². The molecule has 1 aromatic heterocycles. The molecule has 1 aliphatic rings. The Morgan fingerprint density at radius 1 is 1.38 bits per heavy atom. The van der Waals surface area contributed by atoms with E-state index in [0.29, 0.717) is 16.6 Å². The third kappa shape index (κ3) is 2.89. The van der Waals surface area contributed by atoms with Gasteiger partial charge >= 0.3 is 0 Å². The average Bonchev–Trinajstić information content (AvgIpc) is 3.01. The topological polar surface area (TPSA) is 97.2 Å². The standard InChI is InChI=1S/C17H20N4O3/c1-10-9-14(20-13-7-3-6-12(13)17(22)18-2)11-5-4-8-15(21(23)24)16(11)19-10/h4-5,8-9,12-13H,3,6-7H2,1-2H3,(H,18,22)(H,19,20). The predicted octanol–water partition coefficient (Wildman–Crippen LogP) is 2.78. The monoisotopic (exact) mass is 328 g/mol. The van der Waals surface area contributed by atoms with Crippen molar-refractivity contribution in [2.75, 3.05) is 12.4 Å². The lowest BCUT2D eigenvalue weighted by molar-refractivity contribution is -0.383. The van der Waals surface area contributed by atoms with Gasteiger partial charge in [-0.1, -0.05) is 18.6 Å². The number of para-hydroxylation sites is 1. The molecule has 2 aromatic rings. The first-order valence-corrected chi connectivity index (χ1v) is 8.04. The number of pyridine rings is 1. The van der Waals surface area contributed by atoms with E-state index in [1.54, 1.807) is 13.1 Å². The zero-order valence-electron chi connectivity index (χ0n) is 13.7. The van der Waals surface area contributed by atoms with Crippen LogP contribution in [0.2, 0.25) is 0 Å². The summed E-state index contributed by atoms with van der Waals surface area (Å²) in [6, 6.07) is 6.84. The number of aryl methyl sites for hydroxylation is 1. The molecule has 1 saturated carbocycles. The van der Waals surface area contributed by atoms with Crippen molar-refractivity contribution >= 4 is 28.2 Å². The first-order valence-electron chi connectivity index (χ1n) is 8.04. The Bertz CT molecular complexity index is 806. The number of benzene rings is 1. The van der Waals surface area contributed by atoms with Crippen LogP contribution in [0.4, 0.5) is 11.4 Å². The van der Waals surface area contributed by atoms with Crippen molar-refractivity contribution in [3.63, 3.8) is 0 Å². The molecule has 1 aromatic carbocycles. The van der Waals surface area contributed by atoms with Gasteiger partial charge in [-0.3, -0.25) is 14.9 Å². The Morgan fingerprint density at radius 2 is 2.17 bits per heavy atom. The van der Waals surface area contributed by atoms with E-state index < -0.39 is 4.92 Å². The maximum atomic E-state index is 12.0. The fourth-order valence-corrected chi connectivity index (χ4v) is 3.46. The number of hydrogen-bond donors (Lipinski definition) is 2. The highest BCUT2D eigenvalue weighted by atomic mass is 16.6. The Balaban J connectivity index is 2.02. The molecule has 1 fully saturated rings. The van der Waals surface area contributed by atoms with E-state index >= 15 is 0 Å². The fraction of sp³-hybridized carbons (Fsp3) is 0.412. The number of carbonyl (C=O) groups is 1. The molecule has 7 heteroatoms. The van der Waals surface area contributed by atoms with Gasteiger partial charge < -0.3 is 10.6 Å². The van der Waals surface area contributed by atoms with Crippen LogP contribution in [0.5, 0.6) is 0 Å². The summed E-state index contributed by atoms with van der Waals surface area (Å²) in [4.78, 5) is 27.2. The maximum Gasteiger partial charge on any atom is 0.295 e. The van der Waals surface area contributed by atoms with Gasteiger partial charge in [0.15, 0.2) is 5.52 Å². The van der Waals surface area contributed by atoms with E-state index in [0.717, 1.165) is 24.9 Å². The molecule has 2 N–H and O–H groups in total. The van der Waals surface area contributed by atoms with Crippen LogP contribution in [0.1, 0.15) is 25.0 Å². The van der Waals surface area contributed by atoms with Crippen LogP contribution in [0.25, 0.3) is 10.9 Å². The van der Waals surface area contributed by atoms with Gasteiger partial charge in [0.1, 0.15) is 0 Å². The van der Waals surface area contributed by atoms with E-state index in [9.17, 15) is 14.9 Å². The predicted molar refractivity (Wildman–Crippen MR) is 92.0 cm³/mol. The van der Waals surface area contributed by atoms with Crippen molar-refractivity contribution in [1.29, 1.82) is 0 Å². The largest absolute Gasteiger partial charge is 0.381 e. The summed E-state index contributed by atoms with van der Waals surface area (Å²) < 4.78 is 0. The first kappa shape index (κ1) is 16.2. The number of nitro benzene ring substituents is 1. The van der Waals surface area contributed by atoms with Gasteiger partial charge in [-0.25, -0.2) is 4.98 Å². The molecular formula is C17H20N4O3. The van der Waals surface area contributed by atoms with Crippen molar-refractivity contribution < 1.29 is 9.72 Å². The van der Waals surface area contributed by atoms with Crippen LogP contribution in [-0.4, -0.2) is 28.9 Å². The molecule has 126 valence electrons. The molecule has 1 heterocycles. The van der Waals surface area contributed by atoms with Crippen LogP contribution >= 0.6 is 0 Å². The lowest BCUT2D eigenvalue weighted by atomic mass is 10.0. The molecular weight excluding hydrogens is 308 g/mol. The van der Waals surface area contributed by atoms with Gasteiger partial charge in [0.25, 0.3) is 5.69 Å². The Morgan fingerprint density at radius 3 is 2.88 bits per heavy atom. The molecule has 0 spiro atoms. The van der Waals surface area contributed by atoms with Gasteiger partial charge in [-0.15, -0.1) is 0 Å². The molecule has 0 radical (unpaired) electrons. The molecule has 1 aliphatic carbocycles. The second-order valence-electron chi connectivity index (χ2n) is 6.14. The molecule has 0 bridgehead atoms. The highest BCUT2D eigenvalue weighted by Gasteiger charge is 2.32. The van der Waals surface area contributed by atoms with E-state index in [2.05, 4.69) is 15.6 Å². The number of nitrogens with one attached hydrogen (secondary N) is 2. The highest BCUT2D eigenvalue weighted by Crippen LogP contribution is 2.34. The van der Waals surface area contributed by atoms with Gasteiger partial charge in [-0.2, -0.15) is 0 Å². The lowest BCUT2D eigenvalue weighted by Crippen LogP contribution is -2.36. The van der Waals surface area contributed by atoms with Crippen LogP contribution in [0.15, 0.2) is 24.3 Å². The summed E-state index contributed by atoms with van der Waals surface area (Å²) in [5.41, 5.74) is 1.86. The Hall–Kier alpha value is -2.70. The zero-order chi connectivity index (χ0) is 17.3. The number of carbonyl (C=O) groups excluding carboxylic acids is 1. The smallest absolute Gasteiger partial charge is 0.295 e. The van der Waals surface area contributed by atoms with Crippen molar-refractivity contribution in [2.24, 2.45) is 5.92 Å². The Kier molecular flexibility index (Phi) is 4.33. The number of nitro groups is 1. The summed E-state index contributed by atoms with van der Waals surface area (Å²) >= 11 is 0. The molecule has 2 atom stereocenters. The van der Waals surface area contributed by atoms with Crippen molar-refractivity contribution in [2.45, 2.75) is 32.2 Å². The second kappa shape index (κ2) is 6.43. The number of aromatic nitrogens is 1. The van der Waals surface area contributed by atoms with Gasteiger partial charge in [0.2, 0.25) is 5.91 Å². The zero-order valence-corrected chi connectivity index (χ0v) is 13.7. The number of anilines is 1. The normalized spacial score (nSPS) is 20.1. The van der Waals surface area contributed by atoms with Crippen LogP contribution < -0.4 is 10.6 Å².